The van der Waals surface area contributed by atoms with Gasteiger partial charge in [-0.15, -0.1) is 0 Å². The molecular weight excluding hydrogens is 866 g/mol. The predicted molar refractivity (Wildman–Crippen MR) is 231 cm³/mol. The topological polar surface area (TPSA) is 153 Å². The molecule has 7 unspecified atom stereocenters. The number of phosphoric acid groups is 2. The van der Waals surface area contributed by atoms with Crippen LogP contribution in [0.15, 0.2) is 18.2 Å². The van der Waals surface area contributed by atoms with Crippen molar-refractivity contribution in [2.24, 2.45) is 23.2 Å². The van der Waals surface area contributed by atoms with Crippen molar-refractivity contribution in [1.82, 2.24) is 4.90 Å². The molecule has 1 aromatic carbocycles. The van der Waals surface area contributed by atoms with Crippen LogP contribution in [0.4, 0.5) is 13.2 Å². The van der Waals surface area contributed by atoms with Gasteiger partial charge in [0, 0.05) is 44.3 Å². The number of aryl methyl sites for hydroxylation is 1. The van der Waals surface area contributed by atoms with E-state index < -0.39 is 33.3 Å². The van der Waals surface area contributed by atoms with Gasteiger partial charge in [0.15, 0.2) is 5.60 Å². The molecule has 3 N–H and O–H groups in total. The summed E-state index contributed by atoms with van der Waals surface area (Å²) in [5.41, 5.74) is 0.846. The van der Waals surface area contributed by atoms with E-state index in [1.165, 1.54) is 17.5 Å². The fourth-order valence-electron chi connectivity index (χ4n) is 9.13. The van der Waals surface area contributed by atoms with Crippen LogP contribution >= 0.6 is 37.2 Å². The van der Waals surface area contributed by atoms with Crippen LogP contribution in [0.1, 0.15) is 115 Å². The summed E-state index contributed by atoms with van der Waals surface area (Å²) in [5.74, 6) is 4.38. The smallest absolute Gasteiger partial charge is 0.471 e. The normalized spacial score (nSPS) is 24.8. The minimum atomic E-state index is -4.65. The van der Waals surface area contributed by atoms with Gasteiger partial charge in [-0.25, -0.2) is 9.13 Å². The van der Waals surface area contributed by atoms with Crippen LogP contribution in [0.5, 0.6) is 5.75 Å². The SMILES string of the molecule is COP(=O)(O)OCC(CCCCCCSSCCCN(C)CCOc1ccc2c(c1)CCC1C2CCC2(C)C(OCCCOC(C)(C)C(F)(F)F)CCC12)COP(=O)(O)O. The maximum Gasteiger partial charge on any atom is 0.471 e. The van der Waals surface area contributed by atoms with Crippen molar-refractivity contribution in [3.8, 4) is 5.75 Å². The lowest BCUT2D eigenvalue weighted by atomic mass is 9.55. The Morgan fingerprint density at radius 2 is 1.62 bits per heavy atom. The van der Waals surface area contributed by atoms with Gasteiger partial charge in [0.05, 0.1) is 19.3 Å². The molecule has 3 aliphatic carbocycles. The Morgan fingerprint density at radius 1 is 0.900 bits per heavy atom. The molecule has 0 saturated heterocycles. The van der Waals surface area contributed by atoms with E-state index in [0.717, 1.165) is 116 Å². The number of unbranched alkanes of at least 4 members (excludes halogenated alkanes) is 3. The van der Waals surface area contributed by atoms with Crippen LogP contribution in [0.2, 0.25) is 0 Å². The number of benzene rings is 1. The van der Waals surface area contributed by atoms with Gasteiger partial charge in [0.1, 0.15) is 12.4 Å². The number of rotatable bonds is 29. The molecule has 0 spiro atoms. The predicted octanol–water partition coefficient (Wildman–Crippen LogP) is 10.2. The molecule has 0 aromatic heterocycles. The van der Waals surface area contributed by atoms with Crippen LogP contribution in [-0.2, 0) is 38.6 Å². The third kappa shape index (κ3) is 16.6. The van der Waals surface area contributed by atoms with Crippen molar-refractivity contribution in [2.75, 3.05) is 71.8 Å². The zero-order valence-corrected chi connectivity index (χ0v) is 39.5. The Kier molecular flexibility index (Phi) is 21.1. The zero-order chi connectivity index (χ0) is 44.0. The molecule has 0 amide bonds. The number of phosphoric ester groups is 2. The van der Waals surface area contributed by atoms with Crippen LogP contribution in [-0.4, -0.2) is 109 Å². The summed E-state index contributed by atoms with van der Waals surface area (Å²) in [6, 6.07) is 6.70. The van der Waals surface area contributed by atoms with Crippen molar-refractivity contribution < 1.29 is 64.8 Å². The number of hydrogen-bond acceptors (Lipinski definition) is 11. The number of ether oxygens (including phenoxy) is 3. The van der Waals surface area contributed by atoms with Gasteiger partial charge in [-0.1, -0.05) is 53.8 Å². The molecule has 3 aliphatic rings. The highest BCUT2D eigenvalue weighted by atomic mass is 33.1. The summed E-state index contributed by atoms with van der Waals surface area (Å²) < 4.78 is 93.7. The van der Waals surface area contributed by atoms with Crippen LogP contribution in [0.3, 0.4) is 0 Å². The van der Waals surface area contributed by atoms with Crippen LogP contribution in [0.25, 0.3) is 0 Å². The van der Waals surface area contributed by atoms with Gasteiger partial charge >= 0.3 is 21.8 Å². The quantitative estimate of drug-likeness (QED) is 0.0397. The monoisotopic (exact) mass is 935 g/mol. The number of likely N-dealkylation sites (N-methyl/N-ethyl adjacent to an activating group) is 1. The minimum absolute atomic E-state index is 0.0300. The third-order valence-corrected chi connectivity index (χ3v) is 16.7. The molecule has 4 rings (SSSR count). The van der Waals surface area contributed by atoms with Gasteiger partial charge in [-0.05, 0) is 138 Å². The second kappa shape index (κ2) is 24.2. The second-order valence-corrected chi connectivity index (χ2v) is 22.9. The summed E-state index contributed by atoms with van der Waals surface area (Å²) >= 11 is 0. The molecule has 19 heteroatoms. The summed E-state index contributed by atoms with van der Waals surface area (Å²) in [4.78, 5) is 29.8. The Labute approximate surface area is 363 Å². The van der Waals surface area contributed by atoms with Gasteiger partial charge in [0.25, 0.3) is 0 Å². The molecule has 12 nitrogen and oxygen atoms in total. The van der Waals surface area contributed by atoms with Crippen LogP contribution in [0, 0.1) is 23.2 Å². The van der Waals surface area contributed by atoms with Crippen molar-refractivity contribution in [3.05, 3.63) is 29.3 Å². The summed E-state index contributed by atoms with van der Waals surface area (Å²) in [7, 11) is -1.89. The highest BCUT2D eigenvalue weighted by Crippen LogP contribution is 2.61. The molecule has 0 aliphatic heterocycles. The zero-order valence-electron chi connectivity index (χ0n) is 36.1. The van der Waals surface area contributed by atoms with E-state index in [-0.39, 0.29) is 31.3 Å². The molecule has 2 saturated carbocycles. The van der Waals surface area contributed by atoms with E-state index in [1.807, 2.05) is 21.6 Å². The molecule has 0 heterocycles. The number of hydrogen-bond donors (Lipinski definition) is 3. The molecule has 348 valence electrons. The molecule has 7 atom stereocenters. The Bertz CT molecular complexity index is 1540. The van der Waals surface area contributed by atoms with E-state index in [1.54, 1.807) is 0 Å². The highest BCUT2D eigenvalue weighted by molar-refractivity contribution is 8.76. The maximum absolute atomic E-state index is 13.1. The van der Waals surface area contributed by atoms with Crippen molar-refractivity contribution in [2.45, 2.75) is 128 Å². The molecule has 1 aromatic rings. The fraction of sp³-hybridized carbons (Fsp3) is 0.854. The van der Waals surface area contributed by atoms with E-state index in [9.17, 15) is 27.2 Å². The minimum Gasteiger partial charge on any atom is -0.492 e. The van der Waals surface area contributed by atoms with E-state index in [4.69, 9.17) is 28.5 Å². The first-order chi connectivity index (χ1) is 28.2. The number of nitrogens with zero attached hydrogens (tertiary/aromatic N) is 1. The first-order valence-electron chi connectivity index (χ1n) is 21.5. The van der Waals surface area contributed by atoms with Gasteiger partial charge in [-0.3, -0.25) is 13.6 Å². The second-order valence-electron chi connectivity index (χ2n) is 17.4. The van der Waals surface area contributed by atoms with Crippen molar-refractivity contribution in [1.29, 1.82) is 0 Å². The van der Waals surface area contributed by atoms with Gasteiger partial charge in [-0.2, -0.15) is 13.2 Å². The number of halogens is 3. The lowest BCUT2D eigenvalue weighted by Crippen LogP contribution is -2.45. The molecule has 2 fully saturated rings. The average molecular weight is 936 g/mol. The van der Waals surface area contributed by atoms with E-state index >= 15 is 0 Å². The Morgan fingerprint density at radius 3 is 2.33 bits per heavy atom. The largest absolute Gasteiger partial charge is 0.492 e. The third-order valence-electron chi connectivity index (χ3n) is 12.7. The molecule has 0 radical (unpaired) electrons. The Balaban J connectivity index is 1.05. The van der Waals surface area contributed by atoms with Crippen LogP contribution < -0.4 is 4.74 Å². The number of alkyl halides is 3. The van der Waals surface area contributed by atoms with Crippen molar-refractivity contribution in [3.63, 3.8) is 0 Å². The number of fused-ring (bicyclic) bond motifs is 5. The van der Waals surface area contributed by atoms with Gasteiger partial charge in [0.2, 0.25) is 0 Å². The first kappa shape index (κ1) is 52.2. The summed E-state index contributed by atoms with van der Waals surface area (Å²) in [5, 5.41) is 0. The standard InChI is InChI=1S/C41H70F3NO11P2S2/c1-39(2,41(42,43)44)54-24-11-23-53-38-18-17-37-36-15-13-32-28-33(14-16-34(32)35(36)19-20-40(37,38)3)52-25-22-45(4)21-10-27-60-59-26-9-7-6-8-12-31(29-55-57(46,47)48)30-56-58(49,50)51-5/h14,16,28,31,35-38H,6-13,15,17-27,29-30H2,1-5H3,(H,49,50)(H2,46,47,48). The highest BCUT2D eigenvalue weighted by Gasteiger charge is 2.55. The average Bonchev–Trinajstić information content (AvgIpc) is 3.52. The molecule has 60 heavy (non-hydrogen) atoms. The van der Waals surface area contributed by atoms with E-state index in [2.05, 4.69) is 46.1 Å². The fourth-order valence-corrected chi connectivity index (χ4v) is 12.3. The van der Waals surface area contributed by atoms with Crippen molar-refractivity contribution >= 4 is 37.2 Å². The lowest BCUT2D eigenvalue weighted by molar-refractivity contribution is -0.264. The summed E-state index contributed by atoms with van der Waals surface area (Å²) in [6.45, 7) is 6.99. The maximum atomic E-state index is 13.1. The molecular formula is C41H70F3NO11P2S2. The summed E-state index contributed by atoms with van der Waals surface area (Å²) in [6.07, 6.45) is 8.23. The lowest BCUT2D eigenvalue weighted by Gasteiger charge is -2.50. The Hall–Kier alpha value is -0.390. The van der Waals surface area contributed by atoms with E-state index in [0.29, 0.717) is 43.8 Å². The first-order valence-corrected chi connectivity index (χ1v) is 27.0. The van der Waals surface area contributed by atoms with Gasteiger partial charge < -0.3 is 33.8 Å². The molecule has 0 bridgehead atoms.